The minimum absolute atomic E-state index is 0.0292. The fourth-order valence-corrected chi connectivity index (χ4v) is 10.5. The van der Waals surface area contributed by atoms with E-state index in [0.717, 1.165) is 96.1 Å². The molecule has 6 aliphatic heterocycles. The molecule has 9 heteroatoms. The van der Waals surface area contributed by atoms with Gasteiger partial charge >= 0.3 is 11.9 Å². The summed E-state index contributed by atoms with van der Waals surface area (Å²) in [6, 6.07) is 23.5. The van der Waals surface area contributed by atoms with Crippen molar-refractivity contribution in [1.82, 2.24) is 19.8 Å². The number of ether oxygens (including phenoxy) is 2. The number of nitrogens with zero attached hydrogens (tertiary/aromatic N) is 4. The van der Waals surface area contributed by atoms with Crippen LogP contribution in [0.1, 0.15) is 68.4 Å². The lowest BCUT2D eigenvalue weighted by Crippen LogP contribution is -2.55. The van der Waals surface area contributed by atoms with E-state index in [0.29, 0.717) is 33.4 Å². The molecule has 10 atom stereocenters. The maximum absolute atomic E-state index is 14.1. The van der Waals surface area contributed by atoms with Gasteiger partial charge in [-0.05, 0) is 98.8 Å². The lowest BCUT2D eigenvalue weighted by molar-refractivity contribution is -0.0567. The predicted molar refractivity (Wildman–Crippen MR) is 208 cm³/mol. The van der Waals surface area contributed by atoms with Crippen molar-refractivity contribution in [2.45, 2.75) is 50.0 Å². The highest BCUT2D eigenvalue weighted by Crippen LogP contribution is 2.45. The van der Waals surface area contributed by atoms with E-state index >= 15 is 0 Å². The Hall–Kier alpha value is -4.70. The van der Waals surface area contributed by atoms with Crippen LogP contribution in [-0.2, 0) is 9.47 Å². The molecule has 0 saturated carbocycles. The molecule has 0 aliphatic carbocycles. The van der Waals surface area contributed by atoms with Crippen molar-refractivity contribution in [1.29, 1.82) is 0 Å². The van der Waals surface area contributed by atoms with Crippen LogP contribution >= 0.6 is 11.3 Å². The normalized spacial score (nSPS) is 28.7. The van der Waals surface area contributed by atoms with E-state index in [1.807, 2.05) is 48.5 Å². The smallest absolute Gasteiger partial charge is 0.348 e. The number of carbonyl (C=O) groups is 2. The molecule has 5 aromatic rings. The number of thiophene rings is 1. The number of aromatic nitrogens is 2. The Morgan fingerprint density at radius 1 is 0.679 bits per heavy atom. The number of rotatable bonds is 10. The van der Waals surface area contributed by atoms with Crippen LogP contribution in [0.2, 0.25) is 0 Å². The third-order valence-corrected chi connectivity index (χ3v) is 13.5. The summed E-state index contributed by atoms with van der Waals surface area (Å²) in [5.41, 5.74) is 3.64. The minimum atomic E-state index is -0.499. The molecule has 0 amide bonds. The molecule has 0 spiro atoms. The first-order valence-electron chi connectivity index (χ1n) is 18.9. The molecule has 2 aromatic carbocycles. The lowest BCUT2D eigenvalue weighted by Gasteiger charge is -2.51. The van der Waals surface area contributed by atoms with Crippen LogP contribution in [-0.4, -0.2) is 70.0 Å². The number of piperidine rings is 6. The van der Waals surface area contributed by atoms with Crippen molar-refractivity contribution in [3.05, 3.63) is 131 Å². The Bertz CT molecular complexity index is 2040. The summed E-state index contributed by atoms with van der Waals surface area (Å²) in [7, 11) is 0. The highest BCUT2D eigenvalue weighted by molar-refractivity contribution is 7.15. The van der Waals surface area contributed by atoms with Crippen molar-refractivity contribution in [2.75, 3.05) is 26.2 Å². The third-order valence-electron chi connectivity index (χ3n) is 12.5. The molecule has 53 heavy (non-hydrogen) atoms. The molecular weight excluding hydrogens is 681 g/mol. The standard InChI is InChI=1S/C44H44N4O4S/c1-3-27-25-47-21-17-29(27)23-37(47)41(33-15-19-45-35-11-7-5-9-31(33)35)51-43(49)39-13-14-40(53-39)44(50)52-42(34-16-20-46-36-12-8-6-10-32(34)36)38-24-30-18-22-48(38)26-28(30)4-2/h3-16,19-20,27-30,37-38,41-42H,1-2,17-18,21-26H2/t27-,28-,29-,30-,37-,38-,41-,42-/m0/s1. The van der Waals surface area contributed by atoms with E-state index in [1.165, 1.54) is 0 Å². The maximum Gasteiger partial charge on any atom is 0.348 e. The molecule has 270 valence electrons. The number of para-hydroxylation sites is 2. The first kappa shape index (κ1) is 34.1. The first-order chi connectivity index (χ1) is 26.0. The Morgan fingerprint density at radius 2 is 1.13 bits per heavy atom. The lowest BCUT2D eigenvalue weighted by atomic mass is 9.73. The van der Waals surface area contributed by atoms with Gasteiger partial charge in [-0.2, -0.15) is 0 Å². The Morgan fingerprint density at radius 3 is 1.55 bits per heavy atom. The number of esters is 2. The van der Waals surface area contributed by atoms with Gasteiger partial charge in [0.25, 0.3) is 0 Å². The molecule has 2 unspecified atom stereocenters. The van der Waals surface area contributed by atoms with Crippen LogP contribution in [0.3, 0.4) is 0 Å². The zero-order valence-electron chi connectivity index (χ0n) is 29.8. The van der Waals surface area contributed by atoms with Gasteiger partial charge in [-0.15, -0.1) is 24.5 Å². The summed E-state index contributed by atoms with van der Waals surface area (Å²) in [4.78, 5) is 43.1. The molecular formula is C44H44N4O4S. The average Bonchev–Trinajstić information content (AvgIpc) is 3.73. The van der Waals surface area contributed by atoms with Crippen molar-refractivity contribution in [2.24, 2.45) is 23.7 Å². The van der Waals surface area contributed by atoms with E-state index in [9.17, 15) is 9.59 Å². The summed E-state index contributed by atoms with van der Waals surface area (Å²) in [6.07, 6.45) is 10.8. The van der Waals surface area contributed by atoms with Crippen molar-refractivity contribution in [3.8, 4) is 0 Å². The van der Waals surface area contributed by atoms with Crippen molar-refractivity contribution < 1.29 is 19.1 Å². The van der Waals surface area contributed by atoms with Crippen LogP contribution in [0.5, 0.6) is 0 Å². The monoisotopic (exact) mass is 724 g/mol. The number of hydrogen-bond acceptors (Lipinski definition) is 9. The number of carbonyl (C=O) groups excluding carboxylic acids is 2. The van der Waals surface area contributed by atoms with Gasteiger partial charge < -0.3 is 9.47 Å². The zero-order valence-corrected chi connectivity index (χ0v) is 30.6. The largest absolute Gasteiger partial charge is 0.452 e. The third kappa shape index (κ3) is 6.28. The summed E-state index contributed by atoms with van der Waals surface area (Å²) in [5, 5.41) is 1.96. The summed E-state index contributed by atoms with van der Waals surface area (Å²) < 4.78 is 13.1. The van der Waals surface area contributed by atoms with Gasteiger partial charge in [0.15, 0.2) is 0 Å². The highest BCUT2D eigenvalue weighted by atomic mass is 32.1. The van der Waals surface area contributed by atoms with Crippen molar-refractivity contribution >= 4 is 45.1 Å². The van der Waals surface area contributed by atoms with E-state index in [2.05, 4.69) is 57.2 Å². The highest BCUT2D eigenvalue weighted by Gasteiger charge is 2.46. The number of benzene rings is 2. The minimum Gasteiger partial charge on any atom is -0.452 e. The number of hydrogen-bond donors (Lipinski definition) is 0. The van der Waals surface area contributed by atoms with Crippen LogP contribution in [0.25, 0.3) is 21.8 Å². The molecule has 6 aliphatic rings. The molecule has 4 bridgehead atoms. The Balaban J connectivity index is 0.998. The van der Waals surface area contributed by atoms with Gasteiger partial charge in [0.1, 0.15) is 22.0 Å². The van der Waals surface area contributed by atoms with Gasteiger partial charge in [-0.1, -0.05) is 48.6 Å². The van der Waals surface area contributed by atoms with Gasteiger partial charge in [-0.3, -0.25) is 19.8 Å². The second kappa shape index (κ2) is 14.3. The van der Waals surface area contributed by atoms with Crippen LogP contribution in [0.15, 0.2) is 111 Å². The van der Waals surface area contributed by atoms with Crippen LogP contribution in [0.4, 0.5) is 0 Å². The molecule has 0 radical (unpaired) electrons. The Kier molecular flexibility index (Phi) is 9.18. The molecule has 6 saturated heterocycles. The molecule has 3 aromatic heterocycles. The van der Waals surface area contributed by atoms with Gasteiger partial charge in [0.2, 0.25) is 0 Å². The molecule has 8 nitrogen and oxygen atoms in total. The number of pyridine rings is 2. The Labute approximate surface area is 314 Å². The predicted octanol–water partition coefficient (Wildman–Crippen LogP) is 8.43. The van der Waals surface area contributed by atoms with E-state index < -0.39 is 24.1 Å². The van der Waals surface area contributed by atoms with Gasteiger partial charge in [0.05, 0.1) is 23.1 Å². The second-order valence-electron chi connectivity index (χ2n) is 15.1. The van der Waals surface area contributed by atoms with E-state index in [4.69, 9.17) is 9.47 Å². The molecule has 6 fully saturated rings. The first-order valence-corrected chi connectivity index (χ1v) is 19.7. The number of fused-ring (bicyclic) bond motifs is 8. The topological polar surface area (TPSA) is 84.9 Å². The molecule has 0 N–H and O–H groups in total. The quantitative estimate of drug-likeness (QED) is 0.105. The average molecular weight is 725 g/mol. The van der Waals surface area contributed by atoms with E-state index in [-0.39, 0.29) is 12.1 Å². The summed E-state index contributed by atoms with van der Waals surface area (Å²) >= 11 is 1.14. The summed E-state index contributed by atoms with van der Waals surface area (Å²) in [5.74, 6) is 1.01. The SMILES string of the molecule is C=C[C@H]1CN2CC[C@H]1C[C@H]2[C@@H](OC(=O)c1ccc(C(=O)O[C@@H](c2ccnc3ccccc23)[C@@H]2C[C@@H]3CCN2C[C@@H]3C=C)s1)c1ccnc2ccccc12. The van der Waals surface area contributed by atoms with Crippen molar-refractivity contribution in [3.63, 3.8) is 0 Å². The maximum atomic E-state index is 14.1. The second-order valence-corrected chi connectivity index (χ2v) is 16.2. The van der Waals surface area contributed by atoms with E-state index in [1.54, 1.807) is 24.5 Å². The summed E-state index contributed by atoms with van der Waals surface area (Å²) in [6.45, 7) is 12.0. The van der Waals surface area contributed by atoms with Gasteiger partial charge in [-0.25, -0.2) is 9.59 Å². The van der Waals surface area contributed by atoms with Gasteiger partial charge in [0, 0.05) is 47.4 Å². The molecule has 9 heterocycles. The zero-order chi connectivity index (χ0) is 36.1. The molecule has 11 rings (SSSR count). The fourth-order valence-electron chi connectivity index (χ4n) is 9.72. The van der Waals surface area contributed by atoms with Crippen LogP contribution < -0.4 is 0 Å². The fraction of sp³-hybridized carbons (Fsp3) is 0.364. The van der Waals surface area contributed by atoms with Crippen LogP contribution in [0, 0.1) is 23.7 Å².